The first-order valence-corrected chi connectivity index (χ1v) is 8.17. The van der Waals surface area contributed by atoms with Crippen molar-refractivity contribution < 1.29 is 9.53 Å². The molecule has 23 heavy (non-hydrogen) atoms. The van der Waals surface area contributed by atoms with Gasteiger partial charge in [-0.2, -0.15) is 5.10 Å². The Morgan fingerprint density at radius 3 is 3.17 bits per heavy atom. The molecule has 0 saturated heterocycles. The van der Waals surface area contributed by atoms with Crippen molar-refractivity contribution in [3.05, 3.63) is 45.5 Å². The summed E-state index contributed by atoms with van der Waals surface area (Å²) in [6, 6.07) is 0. The van der Waals surface area contributed by atoms with Gasteiger partial charge in [0, 0.05) is 22.8 Å². The van der Waals surface area contributed by atoms with Gasteiger partial charge in [0.15, 0.2) is 10.8 Å². The van der Waals surface area contributed by atoms with Crippen LogP contribution < -0.4 is 5.32 Å². The summed E-state index contributed by atoms with van der Waals surface area (Å²) in [5.74, 6) is 0.266. The van der Waals surface area contributed by atoms with E-state index in [-0.39, 0.29) is 18.5 Å². The fourth-order valence-electron chi connectivity index (χ4n) is 3.52. The molecule has 2 aliphatic heterocycles. The van der Waals surface area contributed by atoms with Gasteiger partial charge in [-0.15, -0.1) is 11.3 Å². The average molecular weight is 327 g/mol. The number of hydrogen-bond donors (Lipinski definition) is 2. The van der Waals surface area contributed by atoms with Gasteiger partial charge in [0.05, 0.1) is 28.6 Å². The smallest absolute Gasteiger partial charge is 0.337 e. The van der Waals surface area contributed by atoms with Gasteiger partial charge in [0.1, 0.15) is 6.61 Å². The zero-order chi connectivity index (χ0) is 15.7. The van der Waals surface area contributed by atoms with E-state index in [0.29, 0.717) is 5.57 Å². The van der Waals surface area contributed by atoms with Crippen molar-refractivity contribution in [2.24, 2.45) is 0 Å². The van der Waals surface area contributed by atoms with Crippen molar-refractivity contribution in [3.63, 3.8) is 0 Å². The number of esters is 1. The number of H-pyrrole nitrogens is 1. The van der Waals surface area contributed by atoms with E-state index < -0.39 is 0 Å². The minimum Gasteiger partial charge on any atom is -0.456 e. The third-order valence-corrected chi connectivity index (χ3v) is 5.25. The molecule has 0 fully saturated rings. The van der Waals surface area contributed by atoms with Crippen LogP contribution in [0.2, 0.25) is 0 Å². The molecule has 0 spiro atoms. The minimum absolute atomic E-state index is 0.223. The van der Waals surface area contributed by atoms with E-state index in [2.05, 4.69) is 24.9 Å². The molecule has 0 amide bonds. The molecule has 5 heterocycles. The summed E-state index contributed by atoms with van der Waals surface area (Å²) in [5, 5.41) is 12.6. The molecule has 8 heteroatoms. The van der Waals surface area contributed by atoms with Crippen LogP contribution in [0.5, 0.6) is 0 Å². The molecule has 0 bridgehead atoms. The molecular weight excluding hydrogens is 314 g/mol. The van der Waals surface area contributed by atoms with E-state index in [1.807, 2.05) is 25.4 Å². The molecule has 5 rings (SSSR count). The maximum atomic E-state index is 12.4. The number of nitrogens with one attached hydrogen (secondary N) is 2. The minimum atomic E-state index is -0.270. The molecule has 7 nitrogen and oxygen atoms in total. The topological polar surface area (TPSA) is 84.3 Å². The Morgan fingerprint density at radius 2 is 2.30 bits per heavy atom. The molecular formula is C15H13N5O2S. The molecule has 0 saturated carbocycles. The lowest BCUT2D eigenvalue weighted by Crippen LogP contribution is -2.21. The number of thiazole rings is 1. The Hall–Kier alpha value is -2.61. The summed E-state index contributed by atoms with van der Waals surface area (Å²) in [6.45, 7) is 4.21. The Balaban J connectivity index is 1.85. The number of carbonyl (C=O) groups excluding carboxylic acids is 1. The molecule has 1 unspecified atom stereocenters. The third-order valence-electron chi connectivity index (χ3n) is 4.49. The average Bonchev–Trinajstić information content (AvgIpc) is 3.24. The zero-order valence-electron chi connectivity index (χ0n) is 12.5. The predicted molar refractivity (Wildman–Crippen MR) is 84.6 cm³/mol. The lowest BCUT2D eigenvalue weighted by molar-refractivity contribution is -0.136. The van der Waals surface area contributed by atoms with Crippen LogP contribution in [0.1, 0.15) is 28.6 Å². The summed E-state index contributed by atoms with van der Waals surface area (Å²) in [5.41, 5.74) is 5.30. The number of ether oxygens (including phenoxy) is 1. The number of nitrogens with zero attached hydrogens (tertiary/aromatic N) is 3. The fraction of sp³-hybridized carbons (Fsp3) is 0.267. The molecule has 2 N–H and O–H groups in total. The molecule has 0 aromatic carbocycles. The molecule has 3 aromatic rings. The first kappa shape index (κ1) is 12.9. The van der Waals surface area contributed by atoms with Crippen molar-refractivity contribution in [2.45, 2.75) is 19.8 Å². The summed E-state index contributed by atoms with van der Waals surface area (Å²) >= 11 is 1.58. The number of fused-ring (bicyclic) bond motifs is 2. The summed E-state index contributed by atoms with van der Waals surface area (Å²) in [7, 11) is 0. The molecule has 3 aromatic heterocycles. The lowest BCUT2D eigenvalue weighted by Gasteiger charge is -2.24. The summed E-state index contributed by atoms with van der Waals surface area (Å²) in [6.07, 6.45) is 1.99. The van der Waals surface area contributed by atoms with Gasteiger partial charge in [0.25, 0.3) is 0 Å². The van der Waals surface area contributed by atoms with E-state index in [4.69, 9.17) is 4.74 Å². The summed E-state index contributed by atoms with van der Waals surface area (Å²) in [4.78, 5) is 17.9. The monoisotopic (exact) mass is 327 g/mol. The highest BCUT2D eigenvalue weighted by Crippen LogP contribution is 2.45. The SMILES string of the molecule is Cc1nc2sccn2c1C1C2=C(COC2=O)Nc2n[nH]c(C)c21. The Bertz CT molecular complexity index is 1010. The standard InChI is InChI=1S/C15H13N5O2S/c1-6-9-11(12-7(2)16-15-20(12)3-4-23-15)10-8(5-22-14(10)21)17-13(9)19-18-6/h3-4,11H,5H2,1-2H3,(H2,17,18,19). The van der Waals surface area contributed by atoms with Crippen LogP contribution in [0.15, 0.2) is 22.8 Å². The number of aryl methyl sites for hydroxylation is 2. The first-order chi connectivity index (χ1) is 11.1. The predicted octanol–water partition coefficient (Wildman–Crippen LogP) is 2.10. The van der Waals surface area contributed by atoms with E-state index in [9.17, 15) is 4.79 Å². The Labute approximate surface area is 135 Å². The number of cyclic esters (lactones) is 1. The van der Waals surface area contributed by atoms with E-state index in [0.717, 1.165) is 39.1 Å². The largest absolute Gasteiger partial charge is 0.456 e. The number of anilines is 1. The first-order valence-electron chi connectivity index (χ1n) is 7.29. The van der Waals surface area contributed by atoms with Gasteiger partial charge >= 0.3 is 5.97 Å². The van der Waals surface area contributed by atoms with Gasteiger partial charge in [-0.3, -0.25) is 9.50 Å². The van der Waals surface area contributed by atoms with Crippen molar-refractivity contribution in [1.29, 1.82) is 0 Å². The van der Waals surface area contributed by atoms with Crippen LogP contribution in [0.25, 0.3) is 4.96 Å². The van der Waals surface area contributed by atoms with Gasteiger partial charge in [-0.1, -0.05) is 0 Å². The van der Waals surface area contributed by atoms with E-state index >= 15 is 0 Å². The number of rotatable bonds is 1. The number of carbonyl (C=O) groups is 1. The highest BCUT2D eigenvalue weighted by molar-refractivity contribution is 7.15. The fourth-order valence-corrected chi connectivity index (χ4v) is 4.28. The summed E-state index contributed by atoms with van der Waals surface area (Å²) < 4.78 is 7.32. The molecule has 116 valence electrons. The van der Waals surface area contributed by atoms with Crippen molar-refractivity contribution in [2.75, 3.05) is 11.9 Å². The quantitative estimate of drug-likeness (QED) is 0.669. The molecule has 0 aliphatic carbocycles. The van der Waals surface area contributed by atoms with Crippen molar-refractivity contribution >= 4 is 28.1 Å². The number of aromatic amines is 1. The second kappa shape index (κ2) is 4.23. The Kier molecular flexibility index (Phi) is 2.37. The molecule has 1 atom stereocenters. The molecule has 2 aliphatic rings. The number of imidazole rings is 1. The highest BCUT2D eigenvalue weighted by atomic mass is 32.1. The van der Waals surface area contributed by atoms with E-state index in [1.165, 1.54) is 0 Å². The van der Waals surface area contributed by atoms with Gasteiger partial charge in [0.2, 0.25) is 0 Å². The van der Waals surface area contributed by atoms with Gasteiger partial charge in [-0.05, 0) is 13.8 Å². The van der Waals surface area contributed by atoms with Crippen LogP contribution in [-0.4, -0.2) is 32.2 Å². The van der Waals surface area contributed by atoms with Crippen LogP contribution in [-0.2, 0) is 9.53 Å². The van der Waals surface area contributed by atoms with Crippen LogP contribution in [0.3, 0.4) is 0 Å². The van der Waals surface area contributed by atoms with Crippen LogP contribution in [0, 0.1) is 13.8 Å². The van der Waals surface area contributed by atoms with Gasteiger partial charge in [-0.25, -0.2) is 9.78 Å². The lowest BCUT2D eigenvalue weighted by atomic mass is 9.84. The van der Waals surface area contributed by atoms with Crippen molar-refractivity contribution in [1.82, 2.24) is 19.6 Å². The van der Waals surface area contributed by atoms with Gasteiger partial charge < -0.3 is 10.1 Å². The number of hydrogen-bond acceptors (Lipinski definition) is 6. The number of aromatic nitrogens is 4. The maximum Gasteiger partial charge on any atom is 0.337 e. The highest BCUT2D eigenvalue weighted by Gasteiger charge is 2.42. The molecule has 0 radical (unpaired) electrons. The van der Waals surface area contributed by atoms with E-state index in [1.54, 1.807) is 11.3 Å². The second-order valence-corrected chi connectivity index (χ2v) is 6.65. The van der Waals surface area contributed by atoms with Crippen LogP contribution in [0.4, 0.5) is 5.82 Å². The normalized spacial score (nSPS) is 19.7. The van der Waals surface area contributed by atoms with Crippen LogP contribution >= 0.6 is 11.3 Å². The maximum absolute atomic E-state index is 12.4. The second-order valence-electron chi connectivity index (χ2n) is 5.78. The zero-order valence-corrected chi connectivity index (χ0v) is 13.3. The Morgan fingerprint density at radius 1 is 1.43 bits per heavy atom. The third kappa shape index (κ3) is 1.56. The van der Waals surface area contributed by atoms with Crippen molar-refractivity contribution in [3.8, 4) is 0 Å².